The topological polar surface area (TPSA) is 105 Å². The number of piperidine rings is 1. The van der Waals surface area contributed by atoms with Gasteiger partial charge in [0, 0.05) is 29.0 Å². The Balaban J connectivity index is 1.40. The Bertz CT molecular complexity index is 1280. The highest BCUT2D eigenvalue weighted by atomic mass is 19.1. The summed E-state index contributed by atoms with van der Waals surface area (Å²) >= 11 is 0. The first-order valence-corrected chi connectivity index (χ1v) is 12.4. The molecule has 3 aromatic rings. The summed E-state index contributed by atoms with van der Waals surface area (Å²) in [6.45, 7) is 3.77. The summed E-state index contributed by atoms with van der Waals surface area (Å²) in [7, 11) is 0. The first-order valence-electron chi connectivity index (χ1n) is 12.4. The van der Waals surface area contributed by atoms with E-state index in [1.165, 1.54) is 19.1 Å². The largest absolute Gasteiger partial charge is 0.366 e. The summed E-state index contributed by atoms with van der Waals surface area (Å²) in [5, 5.41) is 5.62. The molecule has 192 valence electrons. The lowest BCUT2D eigenvalue weighted by Crippen LogP contribution is -2.34. The van der Waals surface area contributed by atoms with E-state index in [1.807, 2.05) is 12.1 Å². The number of rotatable bonds is 8. The van der Waals surface area contributed by atoms with Crippen molar-refractivity contribution in [2.24, 2.45) is 11.7 Å². The number of nitrogens with zero attached hydrogens (tertiary/aromatic N) is 1. The molecule has 1 aliphatic heterocycles. The first-order chi connectivity index (χ1) is 17.8. The van der Waals surface area contributed by atoms with Gasteiger partial charge in [-0.05, 0) is 98.8 Å². The highest BCUT2D eigenvalue weighted by Gasteiger charge is 2.21. The zero-order chi connectivity index (χ0) is 26.4. The monoisotopic (exact) mass is 502 g/mol. The second kappa shape index (κ2) is 11.8. The zero-order valence-electron chi connectivity index (χ0n) is 20.8. The molecule has 0 spiro atoms. The van der Waals surface area contributed by atoms with E-state index in [1.54, 1.807) is 42.5 Å². The van der Waals surface area contributed by atoms with E-state index in [4.69, 9.17) is 5.73 Å². The van der Waals surface area contributed by atoms with Gasteiger partial charge in [0.2, 0.25) is 5.91 Å². The van der Waals surface area contributed by atoms with E-state index >= 15 is 0 Å². The summed E-state index contributed by atoms with van der Waals surface area (Å²) in [5.41, 5.74) is 9.41. The van der Waals surface area contributed by atoms with Crippen molar-refractivity contribution in [3.05, 3.63) is 94.8 Å². The van der Waals surface area contributed by atoms with E-state index in [9.17, 15) is 18.8 Å². The molecule has 0 aliphatic carbocycles. The van der Waals surface area contributed by atoms with Gasteiger partial charge in [-0.1, -0.05) is 24.3 Å². The van der Waals surface area contributed by atoms with Crippen LogP contribution in [0.5, 0.6) is 0 Å². The van der Waals surface area contributed by atoms with Crippen LogP contribution in [-0.2, 0) is 13.0 Å². The number of anilines is 2. The lowest BCUT2D eigenvalue weighted by molar-refractivity contribution is 0.0996. The molecule has 7 nitrogen and oxygen atoms in total. The normalized spacial score (nSPS) is 14.2. The third kappa shape index (κ3) is 7.24. The van der Waals surface area contributed by atoms with Gasteiger partial charge in [0.1, 0.15) is 5.82 Å². The molecule has 4 N–H and O–H groups in total. The number of hydrogen-bond donors (Lipinski definition) is 3. The molecule has 0 unspecified atom stereocenters. The molecular weight excluding hydrogens is 471 g/mol. The average molecular weight is 503 g/mol. The maximum Gasteiger partial charge on any atom is 0.323 e. The number of halogens is 1. The van der Waals surface area contributed by atoms with Crippen LogP contribution in [0.25, 0.3) is 0 Å². The van der Waals surface area contributed by atoms with Crippen molar-refractivity contribution in [3.63, 3.8) is 0 Å². The van der Waals surface area contributed by atoms with Crippen LogP contribution in [0, 0.1) is 11.7 Å². The Morgan fingerprint density at radius 3 is 2.35 bits per heavy atom. The van der Waals surface area contributed by atoms with Crippen molar-refractivity contribution in [3.8, 4) is 0 Å². The maximum absolute atomic E-state index is 13.2. The van der Waals surface area contributed by atoms with Crippen LogP contribution >= 0.6 is 0 Å². The molecule has 0 atom stereocenters. The van der Waals surface area contributed by atoms with Crippen LogP contribution in [0.3, 0.4) is 0 Å². The highest BCUT2D eigenvalue weighted by molar-refractivity contribution is 6.02. The molecule has 3 aromatic carbocycles. The molecule has 0 saturated carbocycles. The van der Waals surface area contributed by atoms with E-state index < -0.39 is 11.9 Å². The summed E-state index contributed by atoms with van der Waals surface area (Å²) in [4.78, 5) is 38.5. The van der Waals surface area contributed by atoms with Gasteiger partial charge in [0.25, 0.3) is 0 Å². The smallest absolute Gasteiger partial charge is 0.323 e. The zero-order valence-corrected chi connectivity index (χ0v) is 20.8. The Hall–Kier alpha value is -4.04. The lowest BCUT2D eigenvalue weighted by atomic mass is 9.90. The molecule has 1 fully saturated rings. The van der Waals surface area contributed by atoms with Gasteiger partial charge in [-0.25, -0.2) is 9.18 Å². The van der Waals surface area contributed by atoms with Gasteiger partial charge in [-0.15, -0.1) is 0 Å². The highest BCUT2D eigenvalue weighted by Crippen LogP contribution is 2.26. The first kappa shape index (κ1) is 26.0. The predicted octanol–water partition coefficient (Wildman–Crippen LogP) is 5.23. The van der Waals surface area contributed by atoms with Crippen molar-refractivity contribution >= 4 is 29.1 Å². The standard InChI is InChI=1S/C29H31FN4O3/c1-19(35)22-3-2-4-26(17-22)32-29(37)33-27-10-7-23(28(31)36)16-24(27)18-34-13-11-21(12-14-34)15-20-5-8-25(30)9-6-20/h2-10,16-17,21H,11-15,18H2,1H3,(H2,31,36)(H2,32,33,37). The summed E-state index contributed by atoms with van der Waals surface area (Å²) < 4.78 is 13.2. The second-order valence-corrected chi connectivity index (χ2v) is 9.50. The van der Waals surface area contributed by atoms with Crippen molar-refractivity contribution in [2.75, 3.05) is 23.7 Å². The fourth-order valence-electron chi connectivity index (χ4n) is 4.64. The van der Waals surface area contributed by atoms with Gasteiger partial charge < -0.3 is 16.4 Å². The molecule has 4 rings (SSSR count). The summed E-state index contributed by atoms with van der Waals surface area (Å²) in [5.74, 6) is -0.321. The van der Waals surface area contributed by atoms with E-state index in [0.717, 1.165) is 43.5 Å². The Morgan fingerprint density at radius 1 is 0.946 bits per heavy atom. The minimum atomic E-state index is -0.531. The molecule has 37 heavy (non-hydrogen) atoms. The average Bonchev–Trinajstić information content (AvgIpc) is 2.87. The predicted molar refractivity (Wildman–Crippen MR) is 142 cm³/mol. The third-order valence-corrected chi connectivity index (χ3v) is 6.70. The molecule has 0 aromatic heterocycles. The number of ketones is 1. The van der Waals surface area contributed by atoms with Crippen LogP contribution in [0.15, 0.2) is 66.7 Å². The number of amides is 3. The number of carbonyl (C=O) groups is 3. The van der Waals surface area contributed by atoms with Gasteiger partial charge in [0.15, 0.2) is 5.78 Å². The van der Waals surface area contributed by atoms with E-state index in [2.05, 4.69) is 15.5 Å². The van der Waals surface area contributed by atoms with Crippen LogP contribution < -0.4 is 16.4 Å². The molecule has 8 heteroatoms. The van der Waals surface area contributed by atoms with Crippen molar-refractivity contribution in [1.29, 1.82) is 0 Å². The fourth-order valence-corrected chi connectivity index (χ4v) is 4.64. The summed E-state index contributed by atoms with van der Waals surface area (Å²) in [6.07, 6.45) is 2.92. The molecule has 1 aliphatic rings. The van der Waals surface area contributed by atoms with E-state index in [0.29, 0.717) is 35.0 Å². The third-order valence-electron chi connectivity index (χ3n) is 6.70. The number of carbonyl (C=O) groups excluding carboxylic acids is 3. The van der Waals surface area contributed by atoms with Crippen molar-refractivity contribution < 1.29 is 18.8 Å². The van der Waals surface area contributed by atoms with Gasteiger partial charge >= 0.3 is 6.03 Å². The van der Waals surface area contributed by atoms with Gasteiger partial charge in [-0.3, -0.25) is 14.5 Å². The molecule has 0 radical (unpaired) electrons. The molecule has 3 amide bonds. The number of Topliss-reactive ketones (excluding diaryl/α,β-unsaturated/α-hetero) is 1. The lowest BCUT2D eigenvalue weighted by Gasteiger charge is -2.32. The molecular formula is C29H31FN4O3. The molecule has 1 heterocycles. The van der Waals surface area contributed by atoms with Gasteiger partial charge in [-0.2, -0.15) is 0 Å². The minimum Gasteiger partial charge on any atom is -0.366 e. The Kier molecular flexibility index (Phi) is 8.30. The maximum atomic E-state index is 13.2. The number of urea groups is 1. The van der Waals surface area contributed by atoms with Crippen LogP contribution in [0.4, 0.5) is 20.6 Å². The fraction of sp³-hybridized carbons (Fsp3) is 0.276. The quantitative estimate of drug-likeness (QED) is 0.367. The number of nitrogens with two attached hydrogens (primary N) is 1. The second-order valence-electron chi connectivity index (χ2n) is 9.50. The van der Waals surface area contributed by atoms with Crippen LogP contribution in [0.1, 0.15) is 51.6 Å². The number of benzene rings is 3. The van der Waals surface area contributed by atoms with Crippen molar-refractivity contribution in [1.82, 2.24) is 4.90 Å². The number of nitrogens with one attached hydrogen (secondary N) is 2. The molecule has 1 saturated heterocycles. The Morgan fingerprint density at radius 2 is 1.68 bits per heavy atom. The van der Waals surface area contributed by atoms with Crippen LogP contribution in [-0.4, -0.2) is 35.7 Å². The SMILES string of the molecule is CC(=O)c1cccc(NC(=O)Nc2ccc(C(N)=O)cc2CN2CCC(Cc3ccc(F)cc3)CC2)c1. The molecule has 0 bridgehead atoms. The summed E-state index contributed by atoms with van der Waals surface area (Å²) in [6, 6.07) is 18.0. The number of likely N-dealkylation sites (tertiary alicyclic amines) is 1. The van der Waals surface area contributed by atoms with Crippen molar-refractivity contribution in [2.45, 2.75) is 32.7 Å². The Labute approximate surface area is 215 Å². The number of primary amides is 1. The van der Waals surface area contributed by atoms with Crippen LogP contribution in [0.2, 0.25) is 0 Å². The van der Waals surface area contributed by atoms with E-state index in [-0.39, 0.29) is 11.6 Å². The minimum absolute atomic E-state index is 0.0881. The van der Waals surface area contributed by atoms with Gasteiger partial charge in [0.05, 0.1) is 0 Å². The number of hydrogen-bond acceptors (Lipinski definition) is 4.